The Hall–Kier alpha value is -0.0400. The SMILES string of the molecule is CCCCC(CC)CN(C)C(C)C. The van der Waals surface area contributed by atoms with E-state index in [1.807, 2.05) is 0 Å². The lowest BCUT2D eigenvalue weighted by atomic mass is 9.98. The van der Waals surface area contributed by atoms with Gasteiger partial charge < -0.3 is 4.90 Å². The molecule has 0 aliphatic heterocycles. The van der Waals surface area contributed by atoms with Crippen LogP contribution in [-0.4, -0.2) is 24.5 Å². The second-order valence-electron chi connectivity index (χ2n) is 4.45. The number of hydrogen-bond donors (Lipinski definition) is 0. The highest BCUT2D eigenvalue weighted by Gasteiger charge is 2.10. The predicted molar refractivity (Wildman–Crippen MR) is 61.1 cm³/mol. The first kappa shape index (κ1) is 13.0. The summed E-state index contributed by atoms with van der Waals surface area (Å²) in [5.41, 5.74) is 0. The van der Waals surface area contributed by atoms with Gasteiger partial charge in [-0.3, -0.25) is 0 Å². The van der Waals surface area contributed by atoms with E-state index in [0.717, 1.165) is 5.92 Å². The number of unbranched alkanes of at least 4 members (excludes halogenated alkanes) is 1. The Balaban J connectivity index is 3.69. The van der Waals surface area contributed by atoms with E-state index in [1.165, 1.54) is 32.2 Å². The topological polar surface area (TPSA) is 3.24 Å². The average molecular weight is 185 g/mol. The van der Waals surface area contributed by atoms with Crippen molar-refractivity contribution < 1.29 is 0 Å². The first-order valence-electron chi connectivity index (χ1n) is 5.82. The molecule has 0 heterocycles. The van der Waals surface area contributed by atoms with Gasteiger partial charge in [0.1, 0.15) is 0 Å². The molecule has 0 aromatic heterocycles. The lowest BCUT2D eigenvalue weighted by Crippen LogP contribution is -2.31. The predicted octanol–water partition coefficient (Wildman–Crippen LogP) is 3.54. The Morgan fingerprint density at radius 2 is 1.77 bits per heavy atom. The Kier molecular flexibility index (Phi) is 7.35. The molecule has 80 valence electrons. The van der Waals surface area contributed by atoms with Gasteiger partial charge in [0.2, 0.25) is 0 Å². The van der Waals surface area contributed by atoms with Crippen molar-refractivity contribution in [3.63, 3.8) is 0 Å². The molecule has 0 aromatic rings. The Morgan fingerprint density at radius 1 is 1.15 bits per heavy atom. The zero-order valence-electron chi connectivity index (χ0n) is 10.1. The van der Waals surface area contributed by atoms with Crippen molar-refractivity contribution in [1.82, 2.24) is 4.90 Å². The van der Waals surface area contributed by atoms with E-state index < -0.39 is 0 Å². The number of nitrogens with zero attached hydrogens (tertiary/aromatic N) is 1. The van der Waals surface area contributed by atoms with Crippen LogP contribution in [0.5, 0.6) is 0 Å². The summed E-state index contributed by atoms with van der Waals surface area (Å²) in [6.45, 7) is 10.4. The third-order valence-electron chi connectivity index (χ3n) is 2.97. The van der Waals surface area contributed by atoms with E-state index >= 15 is 0 Å². The Labute approximate surface area is 84.5 Å². The van der Waals surface area contributed by atoms with Gasteiger partial charge in [-0.2, -0.15) is 0 Å². The largest absolute Gasteiger partial charge is 0.304 e. The molecular formula is C12H27N. The number of hydrogen-bond acceptors (Lipinski definition) is 1. The maximum Gasteiger partial charge on any atom is 0.00356 e. The van der Waals surface area contributed by atoms with Crippen LogP contribution in [0.15, 0.2) is 0 Å². The van der Waals surface area contributed by atoms with Crippen molar-refractivity contribution in [3.8, 4) is 0 Å². The van der Waals surface area contributed by atoms with Crippen molar-refractivity contribution >= 4 is 0 Å². The molecule has 0 saturated heterocycles. The summed E-state index contributed by atoms with van der Waals surface area (Å²) in [4.78, 5) is 2.46. The molecular weight excluding hydrogens is 158 g/mol. The van der Waals surface area contributed by atoms with Gasteiger partial charge in [0.15, 0.2) is 0 Å². The van der Waals surface area contributed by atoms with Crippen molar-refractivity contribution in [1.29, 1.82) is 0 Å². The summed E-state index contributed by atoms with van der Waals surface area (Å²) in [5.74, 6) is 0.910. The fourth-order valence-electron chi connectivity index (χ4n) is 1.54. The van der Waals surface area contributed by atoms with Gasteiger partial charge in [0, 0.05) is 12.6 Å². The highest BCUT2D eigenvalue weighted by molar-refractivity contribution is 4.64. The van der Waals surface area contributed by atoms with E-state index in [9.17, 15) is 0 Å². The molecule has 1 heteroatoms. The van der Waals surface area contributed by atoms with E-state index in [1.54, 1.807) is 0 Å². The molecule has 0 aliphatic rings. The number of rotatable bonds is 7. The molecule has 0 saturated carbocycles. The lowest BCUT2D eigenvalue weighted by Gasteiger charge is -2.26. The molecule has 0 radical (unpaired) electrons. The Bertz CT molecular complexity index is 110. The molecule has 13 heavy (non-hydrogen) atoms. The van der Waals surface area contributed by atoms with Crippen molar-refractivity contribution in [2.24, 2.45) is 5.92 Å². The molecule has 0 N–H and O–H groups in total. The monoisotopic (exact) mass is 185 g/mol. The van der Waals surface area contributed by atoms with Gasteiger partial charge in [0.25, 0.3) is 0 Å². The average Bonchev–Trinajstić information content (AvgIpc) is 2.11. The van der Waals surface area contributed by atoms with Gasteiger partial charge in [0.05, 0.1) is 0 Å². The molecule has 0 fully saturated rings. The maximum atomic E-state index is 2.46. The molecule has 0 amide bonds. The van der Waals surface area contributed by atoms with Crippen LogP contribution in [0.1, 0.15) is 53.4 Å². The minimum atomic E-state index is 0.690. The van der Waals surface area contributed by atoms with E-state index in [0.29, 0.717) is 6.04 Å². The van der Waals surface area contributed by atoms with Crippen LogP contribution < -0.4 is 0 Å². The molecule has 1 nitrogen and oxygen atoms in total. The van der Waals surface area contributed by atoms with E-state index in [2.05, 4.69) is 39.6 Å². The second kappa shape index (κ2) is 7.37. The van der Waals surface area contributed by atoms with Crippen LogP contribution in [0.3, 0.4) is 0 Å². The van der Waals surface area contributed by atoms with Gasteiger partial charge in [-0.05, 0) is 33.2 Å². The smallest absolute Gasteiger partial charge is 0.00356 e. The quantitative estimate of drug-likeness (QED) is 0.586. The molecule has 0 aliphatic carbocycles. The zero-order valence-corrected chi connectivity index (χ0v) is 10.1. The third-order valence-corrected chi connectivity index (χ3v) is 2.97. The summed E-state index contributed by atoms with van der Waals surface area (Å²) in [5, 5.41) is 0. The maximum absolute atomic E-state index is 2.46. The molecule has 0 bridgehead atoms. The van der Waals surface area contributed by atoms with E-state index in [-0.39, 0.29) is 0 Å². The molecule has 1 unspecified atom stereocenters. The van der Waals surface area contributed by atoms with Gasteiger partial charge >= 0.3 is 0 Å². The van der Waals surface area contributed by atoms with Crippen molar-refractivity contribution in [3.05, 3.63) is 0 Å². The van der Waals surface area contributed by atoms with Crippen LogP contribution in [0.2, 0.25) is 0 Å². The Morgan fingerprint density at radius 3 is 2.15 bits per heavy atom. The molecule has 1 atom stereocenters. The van der Waals surface area contributed by atoms with Crippen LogP contribution in [-0.2, 0) is 0 Å². The molecule has 0 spiro atoms. The van der Waals surface area contributed by atoms with Crippen LogP contribution in [0.25, 0.3) is 0 Å². The van der Waals surface area contributed by atoms with E-state index in [4.69, 9.17) is 0 Å². The second-order valence-corrected chi connectivity index (χ2v) is 4.45. The third kappa shape index (κ3) is 6.09. The summed E-state index contributed by atoms with van der Waals surface area (Å²) < 4.78 is 0. The van der Waals surface area contributed by atoms with Crippen LogP contribution >= 0.6 is 0 Å². The minimum Gasteiger partial charge on any atom is -0.304 e. The standard InChI is InChI=1S/C12H27N/c1-6-8-9-12(7-2)10-13(5)11(3)4/h11-12H,6-10H2,1-5H3. The van der Waals surface area contributed by atoms with Gasteiger partial charge in [-0.1, -0.05) is 33.1 Å². The van der Waals surface area contributed by atoms with Gasteiger partial charge in [-0.15, -0.1) is 0 Å². The summed E-state index contributed by atoms with van der Waals surface area (Å²) >= 11 is 0. The summed E-state index contributed by atoms with van der Waals surface area (Å²) in [6.07, 6.45) is 5.47. The lowest BCUT2D eigenvalue weighted by molar-refractivity contribution is 0.218. The summed E-state index contributed by atoms with van der Waals surface area (Å²) in [6, 6.07) is 0.690. The minimum absolute atomic E-state index is 0.690. The highest BCUT2D eigenvalue weighted by Crippen LogP contribution is 2.14. The fraction of sp³-hybridized carbons (Fsp3) is 1.00. The molecule has 0 rings (SSSR count). The van der Waals surface area contributed by atoms with Gasteiger partial charge in [-0.25, -0.2) is 0 Å². The first-order valence-corrected chi connectivity index (χ1v) is 5.82. The van der Waals surface area contributed by atoms with Crippen LogP contribution in [0, 0.1) is 5.92 Å². The first-order chi connectivity index (χ1) is 6.11. The summed E-state index contributed by atoms with van der Waals surface area (Å²) in [7, 11) is 2.24. The zero-order chi connectivity index (χ0) is 10.3. The van der Waals surface area contributed by atoms with Crippen LogP contribution in [0.4, 0.5) is 0 Å². The highest BCUT2D eigenvalue weighted by atomic mass is 15.1. The fourth-order valence-corrected chi connectivity index (χ4v) is 1.54. The molecule has 0 aromatic carbocycles. The van der Waals surface area contributed by atoms with Crippen molar-refractivity contribution in [2.75, 3.05) is 13.6 Å². The normalized spacial score (nSPS) is 14.1. The van der Waals surface area contributed by atoms with Crippen molar-refractivity contribution in [2.45, 2.75) is 59.4 Å².